The summed E-state index contributed by atoms with van der Waals surface area (Å²) in [4.78, 5) is 37.8. The van der Waals surface area contributed by atoms with Crippen LogP contribution in [0.2, 0.25) is 0 Å². The molecule has 0 bridgehead atoms. The number of nitrogens with one attached hydrogen (secondary N) is 1. The van der Waals surface area contributed by atoms with Gasteiger partial charge in [0.15, 0.2) is 5.43 Å². The van der Waals surface area contributed by atoms with Crippen molar-refractivity contribution in [3.63, 3.8) is 0 Å². The van der Waals surface area contributed by atoms with Gasteiger partial charge in [-0.1, -0.05) is 0 Å². The Bertz CT molecular complexity index is 946. The first-order valence-corrected chi connectivity index (χ1v) is 5.72. The molecule has 0 atom stereocenters. The molecule has 0 saturated heterocycles. The third-order valence-corrected chi connectivity index (χ3v) is 3.32. The maximum Gasteiger partial charge on any atom is 0.329 e. The second-order valence-electron chi connectivity index (χ2n) is 4.48. The maximum absolute atomic E-state index is 12.1. The van der Waals surface area contributed by atoms with Crippen molar-refractivity contribution in [2.24, 2.45) is 14.1 Å². The van der Waals surface area contributed by atoms with E-state index in [0.717, 1.165) is 10.1 Å². The summed E-state index contributed by atoms with van der Waals surface area (Å²) in [5.74, 6) is 0. The lowest BCUT2D eigenvalue weighted by atomic mass is 10.1. The Labute approximate surface area is 106 Å². The van der Waals surface area contributed by atoms with E-state index in [1.54, 1.807) is 23.7 Å². The SMILES string of the molecule is Cn1c(=O)[nH]c2c(cc3ccc(=O)cc-3n2C)c1=O. The van der Waals surface area contributed by atoms with Crippen LogP contribution in [-0.2, 0) is 14.1 Å². The minimum atomic E-state index is -0.481. The van der Waals surface area contributed by atoms with Crippen LogP contribution >= 0.6 is 0 Å². The minimum Gasteiger partial charge on any atom is -0.330 e. The van der Waals surface area contributed by atoms with E-state index >= 15 is 0 Å². The molecular formula is C13H11N3O3. The standard InChI is InChI=1S/C13H11N3O3/c1-15-10-6-8(17)4-3-7(10)5-9-11(15)14-13(19)16(2)12(9)18/h3-6H,1-2H3,(H,14,19). The molecule has 0 spiro atoms. The van der Waals surface area contributed by atoms with Crippen molar-refractivity contribution < 1.29 is 0 Å². The fraction of sp³-hybridized carbons (Fsp3) is 0.154. The third-order valence-electron chi connectivity index (χ3n) is 3.32. The Balaban J connectivity index is 2.67. The van der Waals surface area contributed by atoms with Crippen LogP contribution in [-0.4, -0.2) is 14.1 Å². The number of nitrogens with zero attached hydrogens (tertiary/aromatic N) is 2. The van der Waals surface area contributed by atoms with Gasteiger partial charge in [0.25, 0.3) is 5.56 Å². The van der Waals surface area contributed by atoms with Crippen molar-refractivity contribution in [2.75, 3.05) is 0 Å². The normalized spacial score (nSPS) is 11.3. The Hall–Kier alpha value is -2.63. The predicted octanol–water partition coefficient (Wildman–Crippen LogP) is 0.0303. The maximum atomic E-state index is 12.1. The van der Waals surface area contributed by atoms with Gasteiger partial charge in [0.2, 0.25) is 0 Å². The summed E-state index contributed by atoms with van der Waals surface area (Å²) in [6.45, 7) is 0. The molecule has 96 valence electrons. The number of aromatic amines is 1. The highest BCUT2D eigenvalue weighted by Gasteiger charge is 2.13. The van der Waals surface area contributed by atoms with E-state index in [1.807, 2.05) is 0 Å². The lowest BCUT2D eigenvalue weighted by molar-refractivity contribution is 0.780. The summed E-state index contributed by atoms with van der Waals surface area (Å²) in [7, 11) is 3.13. The molecule has 0 radical (unpaired) electrons. The number of rotatable bonds is 0. The van der Waals surface area contributed by atoms with Crippen LogP contribution in [0.4, 0.5) is 0 Å². The van der Waals surface area contributed by atoms with Gasteiger partial charge in [-0.2, -0.15) is 0 Å². The molecule has 1 aromatic rings. The predicted molar refractivity (Wildman–Crippen MR) is 71.7 cm³/mol. The lowest BCUT2D eigenvalue weighted by Gasteiger charge is -2.14. The molecule has 0 amide bonds. The number of benzene rings is 1. The smallest absolute Gasteiger partial charge is 0.329 e. The highest BCUT2D eigenvalue weighted by Crippen LogP contribution is 2.22. The number of hydrogen-bond acceptors (Lipinski definition) is 3. The topological polar surface area (TPSA) is 76.9 Å². The fourth-order valence-corrected chi connectivity index (χ4v) is 2.23. The molecule has 0 unspecified atom stereocenters. The number of H-pyrrole nitrogens is 1. The molecule has 2 aliphatic rings. The molecule has 0 saturated carbocycles. The van der Waals surface area contributed by atoms with E-state index in [-0.39, 0.29) is 11.0 Å². The quantitative estimate of drug-likeness (QED) is 0.577. The van der Waals surface area contributed by atoms with Gasteiger partial charge in [0, 0.05) is 20.2 Å². The number of fused-ring (bicyclic) bond motifs is 2. The largest absolute Gasteiger partial charge is 0.330 e. The number of hydrogen-bond donors (Lipinski definition) is 1. The van der Waals surface area contributed by atoms with Crippen LogP contribution in [0.25, 0.3) is 22.3 Å². The molecule has 1 aliphatic heterocycles. The Morgan fingerprint density at radius 3 is 2.47 bits per heavy atom. The molecule has 6 heteroatoms. The molecule has 1 aliphatic carbocycles. The van der Waals surface area contributed by atoms with Gasteiger partial charge in [-0.25, -0.2) is 4.79 Å². The molecule has 0 fully saturated rings. The van der Waals surface area contributed by atoms with Crippen LogP contribution < -0.4 is 16.7 Å². The van der Waals surface area contributed by atoms with Gasteiger partial charge in [-0.15, -0.1) is 0 Å². The van der Waals surface area contributed by atoms with Crippen LogP contribution in [0.15, 0.2) is 38.6 Å². The number of pyridine rings is 1. The molecule has 3 rings (SSSR count). The zero-order valence-electron chi connectivity index (χ0n) is 10.4. The van der Waals surface area contributed by atoms with E-state index in [4.69, 9.17) is 0 Å². The molecule has 19 heavy (non-hydrogen) atoms. The summed E-state index contributed by atoms with van der Waals surface area (Å²) in [6, 6.07) is 6.28. The number of aryl methyl sites for hydroxylation is 1. The van der Waals surface area contributed by atoms with Crippen molar-refractivity contribution >= 4 is 11.0 Å². The van der Waals surface area contributed by atoms with Crippen LogP contribution in [0.3, 0.4) is 0 Å². The average Bonchev–Trinajstić information content (AvgIpc) is 2.39. The first kappa shape index (κ1) is 11.5. The lowest BCUT2D eigenvalue weighted by Crippen LogP contribution is -2.33. The summed E-state index contributed by atoms with van der Waals surface area (Å²) in [5, 5.41) is 0.413. The van der Waals surface area contributed by atoms with E-state index < -0.39 is 5.69 Å². The van der Waals surface area contributed by atoms with E-state index in [0.29, 0.717) is 16.7 Å². The van der Waals surface area contributed by atoms with Crippen molar-refractivity contribution in [1.82, 2.24) is 14.1 Å². The fourth-order valence-electron chi connectivity index (χ4n) is 2.23. The van der Waals surface area contributed by atoms with Gasteiger partial charge < -0.3 is 4.57 Å². The van der Waals surface area contributed by atoms with Gasteiger partial charge >= 0.3 is 5.69 Å². The van der Waals surface area contributed by atoms with Crippen molar-refractivity contribution in [2.45, 2.75) is 0 Å². The van der Waals surface area contributed by atoms with E-state index in [9.17, 15) is 14.4 Å². The van der Waals surface area contributed by atoms with Crippen molar-refractivity contribution in [1.29, 1.82) is 0 Å². The summed E-state index contributed by atoms with van der Waals surface area (Å²) >= 11 is 0. The molecule has 1 aromatic heterocycles. The molecule has 6 nitrogen and oxygen atoms in total. The zero-order valence-corrected chi connectivity index (χ0v) is 10.4. The van der Waals surface area contributed by atoms with Crippen molar-refractivity contribution in [3.05, 3.63) is 55.3 Å². The Morgan fingerprint density at radius 2 is 1.74 bits per heavy atom. The van der Waals surface area contributed by atoms with Gasteiger partial charge in [-0.05, 0) is 23.8 Å². The van der Waals surface area contributed by atoms with Gasteiger partial charge in [0.1, 0.15) is 5.65 Å². The van der Waals surface area contributed by atoms with Gasteiger partial charge in [-0.3, -0.25) is 19.1 Å². The first-order chi connectivity index (χ1) is 8.99. The monoisotopic (exact) mass is 257 g/mol. The first-order valence-electron chi connectivity index (χ1n) is 5.72. The molecule has 2 heterocycles. The van der Waals surface area contributed by atoms with E-state index in [1.165, 1.54) is 19.2 Å². The second kappa shape index (κ2) is 3.68. The van der Waals surface area contributed by atoms with Crippen molar-refractivity contribution in [3.8, 4) is 11.3 Å². The summed E-state index contributed by atoms with van der Waals surface area (Å²) < 4.78 is 2.67. The van der Waals surface area contributed by atoms with Crippen LogP contribution in [0.5, 0.6) is 0 Å². The Kier molecular flexibility index (Phi) is 2.22. The zero-order chi connectivity index (χ0) is 13.7. The third kappa shape index (κ3) is 1.53. The minimum absolute atomic E-state index is 0.117. The highest BCUT2D eigenvalue weighted by atomic mass is 16.2. The summed E-state index contributed by atoms with van der Waals surface area (Å²) in [5.41, 5.74) is 0.899. The van der Waals surface area contributed by atoms with E-state index in [2.05, 4.69) is 4.98 Å². The van der Waals surface area contributed by atoms with Crippen LogP contribution in [0, 0.1) is 0 Å². The summed E-state index contributed by atoms with van der Waals surface area (Å²) in [6.07, 6.45) is 0. The number of aromatic nitrogens is 3. The van der Waals surface area contributed by atoms with Gasteiger partial charge in [0.05, 0.1) is 11.1 Å². The molecular weight excluding hydrogens is 246 g/mol. The van der Waals surface area contributed by atoms with Crippen LogP contribution in [0.1, 0.15) is 0 Å². The Morgan fingerprint density at radius 1 is 1.00 bits per heavy atom. The average molecular weight is 257 g/mol. The highest BCUT2D eigenvalue weighted by molar-refractivity contribution is 5.82. The molecule has 0 aromatic carbocycles. The second-order valence-corrected chi connectivity index (χ2v) is 4.48. The molecule has 1 N–H and O–H groups in total.